The van der Waals surface area contributed by atoms with Gasteiger partial charge in [0.25, 0.3) is 12.2 Å². The molecule has 0 aliphatic carbocycles. The van der Waals surface area contributed by atoms with Gasteiger partial charge in [0.1, 0.15) is 5.60 Å². The van der Waals surface area contributed by atoms with Crippen molar-refractivity contribution in [3.63, 3.8) is 0 Å². The van der Waals surface area contributed by atoms with E-state index in [4.69, 9.17) is 0 Å². The monoisotopic (exact) mass is 338 g/mol. The predicted molar refractivity (Wildman–Crippen MR) is 90.6 cm³/mol. The van der Waals surface area contributed by atoms with Crippen LogP contribution in [0.15, 0.2) is 24.3 Å². The molecule has 1 saturated heterocycles. The smallest absolute Gasteiger partial charge is 0.293 e. The average Bonchev–Trinajstić information content (AvgIpc) is 2.49. The van der Waals surface area contributed by atoms with Crippen LogP contribution in [0.25, 0.3) is 0 Å². The molecule has 2 atom stereocenters. The molecule has 7 nitrogen and oxygen atoms in total. The van der Waals surface area contributed by atoms with Gasteiger partial charge in [0.15, 0.2) is 0 Å². The van der Waals surface area contributed by atoms with Gasteiger partial charge in [-0.05, 0) is 40.7 Å². The molecule has 2 rings (SSSR count). The van der Waals surface area contributed by atoms with E-state index in [2.05, 4.69) is 9.64 Å². The number of hydrogen-bond acceptors (Lipinski definition) is 6. The van der Waals surface area contributed by atoms with Crippen molar-refractivity contribution in [3.05, 3.63) is 39.9 Å². The number of benzene rings is 1. The van der Waals surface area contributed by atoms with E-state index in [0.717, 1.165) is 13.0 Å². The first-order valence-corrected chi connectivity index (χ1v) is 7.88. The van der Waals surface area contributed by atoms with Gasteiger partial charge in [-0.15, -0.1) is 0 Å². The highest BCUT2D eigenvalue weighted by Crippen LogP contribution is 2.34. The highest BCUT2D eigenvalue weighted by Gasteiger charge is 2.30. The molecular formula is C17H26N2O5. The van der Waals surface area contributed by atoms with Crippen molar-refractivity contribution in [3.8, 4) is 0 Å². The summed E-state index contributed by atoms with van der Waals surface area (Å²) in [6.45, 7) is 6.68. The summed E-state index contributed by atoms with van der Waals surface area (Å²) >= 11 is 0. The second kappa shape index (κ2) is 8.75. The van der Waals surface area contributed by atoms with Gasteiger partial charge in [-0.3, -0.25) is 19.8 Å². The lowest BCUT2D eigenvalue weighted by Gasteiger charge is -2.35. The van der Waals surface area contributed by atoms with Crippen LogP contribution in [-0.4, -0.2) is 46.7 Å². The Morgan fingerprint density at radius 3 is 2.50 bits per heavy atom. The van der Waals surface area contributed by atoms with Gasteiger partial charge in [0.2, 0.25) is 0 Å². The molecule has 0 saturated carbocycles. The Hall–Kier alpha value is -1.99. The van der Waals surface area contributed by atoms with Crippen molar-refractivity contribution in [1.82, 2.24) is 4.90 Å². The molecule has 0 radical (unpaired) electrons. The third kappa shape index (κ3) is 6.25. The molecule has 7 heteroatoms. The Morgan fingerprint density at radius 1 is 1.38 bits per heavy atom. The van der Waals surface area contributed by atoms with Crippen molar-refractivity contribution in [1.29, 1.82) is 0 Å². The van der Waals surface area contributed by atoms with Gasteiger partial charge in [-0.25, -0.2) is 0 Å². The number of piperidine rings is 1. The summed E-state index contributed by atoms with van der Waals surface area (Å²) in [6, 6.07) is 6.69. The second-order valence-electron chi connectivity index (χ2n) is 6.82. The molecule has 1 aliphatic rings. The van der Waals surface area contributed by atoms with Gasteiger partial charge in [0, 0.05) is 24.2 Å². The van der Waals surface area contributed by atoms with Gasteiger partial charge in [0.05, 0.1) is 11.0 Å². The normalized spacial score (nSPS) is 21.4. The number of ether oxygens (including phenoxy) is 1. The fraction of sp³-hybridized carbons (Fsp3) is 0.588. The topological polar surface area (TPSA) is 92.9 Å². The Bertz CT molecular complexity index is 556. The molecule has 134 valence electrons. The van der Waals surface area contributed by atoms with Crippen LogP contribution in [0.1, 0.15) is 45.2 Å². The van der Waals surface area contributed by atoms with E-state index in [-0.39, 0.29) is 28.4 Å². The van der Waals surface area contributed by atoms with Crippen molar-refractivity contribution >= 4 is 12.2 Å². The molecule has 2 unspecified atom stereocenters. The largest absolute Gasteiger partial charge is 0.462 e. The quantitative estimate of drug-likeness (QED) is 0.517. The molecule has 0 aromatic heterocycles. The van der Waals surface area contributed by atoms with E-state index in [1.54, 1.807) is 18.2 Å². The Kier molecular flexibility index (Phi) is 7.31. The summed E-state index contributed by atoms with van der Waals surface area (Å²) in [5.41, 5.74) is 0.513. The van der Waals surface area contributed by atoms with Gasteiger partial charge in [-0.1, -0.05) is 18.2 Å². The summed E-state index contributed by atoms with van der Waals surface area (Å²) in [7, 11) is 1.94. The van der Waals surface area contributed by atoms with Gasteiger partial charge >= 0.3 is 0 Å². The van der Waals surface area contributed by atoms with E-state index in [1.165, 1.54) is 6.07 Å². The molecule has 1 aliphatic heterocycles. The fourth-order valence-electron chi connectivity index (χ4n) is 2.51. The number of aliphatic hydroxyl groups is 1. The summed E-state index contributed by atoms with van der Waals surface area (Å²) in [5, 5.41) is 20.7. The number of carbonyl (C=O) groups is 1. The van der Waals surface area contributed by atoms with E-state index in [0.29, 0.717) is 18.5 Å². The van der Waals surface area contributed by atoms with Crippen LogP contribution in [0.4, 0.5) is 5.69 Å². The molecule has 1 aromatic carbocycles. The van der Waals surface area contributed by atoms with Crippen LogP contribution in [0.3, 0.4) is 0 Å². The maximum atomic E-state index is 11.0. The minimum Gasteiger partial charge on any atom is -0.462 e. The zero-order valence-electron chi connectivity index (χ0n) is 14.6. The fourth-order valence-corrected chi connectivity index (χ4v) is 2.51. The van der Waals surface area contributed by atoms with Gasteiger partial charge < -0.3 is 9.84 Å². The zero-order valence-corrected chi connectivity index (χ0v) is 14.6. The van der Waals surface area contributed by atoms with Crippen LogP contribution >= 0.6 is 0 Å². The maximum absolute atomic E-state index is 11.0. The second-order valence-corrected chi connectivity index (χ2v) is 6.82. The molecule has 1 N–H and O–H groups in total. The number of hydrogen-bond donors (Lipinski definition) is 1. The molecule has 1 aromatic rings. The third-order valence-corrected chi connectivity index (χ3v) is 3.74. The van der Waals surface area contributed by atoms with Crippen LogP contribution in [-0.2, 0) is 9.53 Å². The summed E-state index contributed by atoms with van der Waals surface area (Å²) in [4.78, 5) is 22.3. The molecule has 0 bridgehead atoms. The van der Waals surface area contributed by atoms with E-state index in [1.807, 2.05) is 27.8 Å². The lowest BCUT2D eigenvalue weighted by molar-refractivity contribution is -0.386. The Balaban J connectivity index is 0.000000351. The first kappa shape index (κ1) is 20.1. The minimum absolute atomic E-state index is 0.0691. The average molecular weight is 338 g/mol. The number of carbonyl (C=O) groups excluding carboxylic acids is 1. The lowest BCUT2D eigenvalue weighted by Crippen LogP contribution is -2.36. The standard InChI is InChI=1S/C12H16N2O3.C5H10O2/c1-13-7-6-9(15)8-12(13)10-4-2-3-5-11(10)14(16)17;1-5(2,3)7-4-6/h2-5,9,12,15H,6-8H2,1H3;4H,1-3H3. The molecule has 1 fully saturated rings. The van der Waals surface area contributed by atoms with Gasteiger partial charge in [-0.2, -0.15) is 0 Å². The minimum atomic E-state index is -0.365. The van der Waals surface area contributed by atoms with Crippen molar-refractivity contribution < 1.29 is 19.6 Å². The van der Waals surface area contributed by atoms with Crippen molar-refractivity contribution in [2.24, 2.45) is 0 Å². The Labute approximate surface area is 142 Å². The van der Waals surface area contributed by atoms with E-state index in [9.17, 15) is 20.0 Å². The van der Waals surface area contributed by atoms with Crippen molar-refractivity contribution in [2.45, 2.75) is 51.4 Å². The lowest BCUT2D eigenvalue weighted by atomic mass is 9.93. The Morgan fingerprint density at radius 2 is 2.00 bits per heavy atom. The first-order valence-electron chi connectivity index (χ1n) is 7.88. The first-order chi connectivity index (χ1) is 11.2. The zero-order chi connectivity index (χ0) is 18.3. The predicted octanol–water partition coefficient (Wildman–Crippen LogP) is 2.68. The summed E-state index contributed by atoms with van der Waals surface area (Å²) in [6.07, 6.45) is 0.922. The number of likely N-dealkylation sites (tertiary alicyclic amines) is 1. The highest BCUT2D eigenvalue weighted by molar-refractivity contribution is 5.42. The molecular weight excluding hydrogens is 312 g/mol. The van der Waals surface area contributed by atoms with Crippen LogP contribution < -0.4 is 0 Å². The molecule has 0 spiro atoms. The number of nitrogens with zero attached hydrogens (tertiary/aromatic N) is 2. The van der Waals surface area contributed by atoms with E-state index >= 15 is 0 Å². The van der Waals surface area contributed by atoms with Crippen LogP contribution in [0, 0.1) is 10.1 Å². The number of para-hydroxylation sites is 1. The number of aliphatic hydroxyl groups excluding tert-OH is 1. The SMILES string of the molecule is CC(C)(C)OC=O.CN1CCC(O)CC1c1ccccc1[N+](=O)[O-]. The number of nitro groups is 1. The van der Waals surface area contributed by atoms with Crippen LogP contribution in [0.5, 0.6) is 0 Å². The summed E-state index contributed by atoms with van der Waals surface area (Å²) < 4.78 is 4.55. The van der Waals surface area contributed by atoms with Crippen molar-refractivity contribution in [2.75, 3.05) is 13.6 Å². The highest BCUT2D eigenvalue weighted by atomic mass is 16.6. The molecule has 0 amide bonds. The summed E-state index contributed by atoms with van der Waals surface area (Å²) in [5.74, 6) is 0. The van der Waals surface area contributed by atoms with Crippen LogP contribution in [0.2, 0.25) is 0 Å². The number of rotatable bonds is 3. The van der Waals surface area contributed by atoms with E-state index < -0.39 is 0 Å². The molecule has 1 heterocycles. The number of nitro benzene ring substituents is 1. The maximum Gasteiger partial charge on any atom is 0.293 e. The molecule has 24 heavy (non-hydrogen) atoms. The third-order valence-electron chi connectivity index (χ3n) is 3.74.